The van der Waals surface area contributed by atoms with Crippen LogP contribution in [0.15, 0.2) is 6.20 Å². The highest BCUT2D eigenvalue weighted by Gasteiger charge is 2.38. The van der Waals surface area contributed by atoms with Crippen LogP contribution in [0.3, 0.4) is 0 Å². The molecule has 1 heterocycles. The van der Waals surface area contributed by atoms with Crippen LogP contribution in [0.1, 0.15) is 40.4 Å². The van der Waals surface area contributed by atoms with Gasteiger partial charge in [0.25, 0.3) is 0 Å². The van der Waals surface area contributed by atoms with Gasteiger partial charge in [0.05, 0.1) is 4.88 Å². The first-order chi connectivity index (χ1) is 7.80. The van der Waals surface area contributed by atoms with Crippen molar-refractivity contribution in [2.75, 3.05) is 0 Å². The second-order valence-corrected chi connectivity index (χ2v) is 5.37. The molecule has 3 nitrogen and oxygen atoms in total. The van der Waals surface area contributed by atoms with Gasteiger partial charge in [-0.2, -0.15) is 13.2 Å². The van der Waals surface area contributed by atoms with Crippen molar-refractivity contribution in [2.24, 2.45) is 5.73 Å². The number of alkyl halides is 3. The molecule has 2 rings (SSSR count). The number of thiazole rings is 1. The Labute approximate surface area is 99.8 Å². The molecular formula is C10H11F3N2OS. The maximum Gasteiger partial charge on any atom is 0.443 e. The Bertz CT molecular complexity index is 437. The summed E-state index contributed by atoms with van der Waals surface area (Å²) in [6, 6.07) is 0. The Hall–Kier alpha value is -0.950. The smallest absolute Gasteiger partial charge is 0.325 e. The minimum Gasteiger partial charge on any atom is -0.325 e. The zero-order valence-electron chi connectivity index (χ0n) is 8.88. The van der Waals surface area contributed by atoms with E-state index in [1.807, 2.05) is 0 Å². The van der Waals surface area contributed by atoms with Crippen LogP contribution >= 0.6 is 11.3 Å². The Morgan fingerprint density at radius 2 is 2.18 bits per heavy atom. The third-order valence-electron chi connectivity index (χ3n) is 2.88. The summed E-state index contributed by atoms with van der Waals surface area (Å²) in [7, 11) is 0. The second kappa shape index (κ2) is 4.06. The van der Waals surface area contributed by atoms with Gasteiger partial charge in [-0.25, -0.2) is 4.98 Å². The summed E-state index contributed by atoms with van der Waals surface area (Å²) in [6.07, 6.45) is -0.919. The molecule has 0 bridgehead atoms. The van der Waals surface area contributed by atoms with Crippen molar-refractivity contribution >= 4 is 17.1 Å². The number of hydrogen-bond acceptors (Lipinski definition) is 4. The third kappa shape index (κ3) is 2.66. The van der Waals surface area contributed by atoms with E-state index in [1.54, 1.807) is 0 Å². The third-order valence-corrected chi connectivity index (χ3v) is 3.97. The molecule has 7 heteroatoms. The fourth-order valence-electron chi connectivity index (χ4n) is 1.75. The molecule has 1 aliphatic rings. The fraction of sp³-hybridized carbons (Fsp3) is 0.600. The topological polar surface area (TPSA) is 56.0 Å². The maximum atomic E-state index is 12.3. The Kier molecular flexibility index (Phi) is 2.99. The standard InChI is InChI=1S/C10H11F3N2OS/c11-10(12,13)8-15-5-7(17-8)6(16)4-9(14)2-1-3-9/h5H,1-4,14H2. The van der Waals surface area contributed by atoms with Gasteiger partial charge in [-0.05, 0) is 19.3 Å². The van der Waals surface area contributed by atoms with E-state index in [9.17, 15) is 18.0 Å². The van der Waals surface area contributed by atoms with E-state index in [-0.39, 0.29) is 17.1 Å². The Morgan fingerprint density at radius 1 is 1.53 bits per heavy atom. The van der Waals surface area contributed by atoms with E-state index in [0.29, 0.717) is 11.3 Å². The number of aromatic nitrogens is 1. The number of carbonyl (C=O) groups is 1. The van der Waals surface area contributed by atoms with Gasteiger partial charge in [0.1, 0.15) is 0 Å². The SMILES string of the molecule is NC1(CC(=O)c2cnc(C(F)(F)F)s2)CCC1. The van der Waals surface area contributed by atoms with Gasteiger partial charge in [-0.1, -0.05) is 0 Å². The first-order valence-electron chi connectivity index (χ1n) is 5.15. The quantitative estimate of drug-likeness (QED) is 0.854. The fourth-order valence-corrected chi connectivity index (χ4v) is 2.47. The second-order valence-electron chi connectivity index (χ2n) is 4.34. The van der Waals surface area contributed by atoms with Gasteiger partial charge in [0, 0.05) is 18.2 Å². The first-order valence-corrected chi connectivity index (χ1v) is 5.97. The normalized spacial score (nSPS) is 18.8. The largest absolute Gasteiger partial charge is 0.443 e. The summed E-state index contributed by atoms with van der Waals surface area (Å²) >= 11 is 0.382. The highest BCUT2D eigenvalue weighted by Crippen LogP contribution is 2.36. The molecule has 0 atom stereocenters. The lowest BCUT2D eigenvalue weighted by atomic mass is 9.74. The van der Waals surface area contributed by atoms with Crippen LogP contribution in [0.5, 0.6) is 0 Å². The molecule has 0 amide bonds. The molecule has 0 aromatic carbocycles. The van der Waals surface area contributed by atoms with Crippen LogP contribution in [0.2, 0.25) is 0 Å². The van der Waals surface area contributed by atoms with E-state index in [1.165, 1.54) is 0 Å². The van der Waals surface area contributed by atoms with Crippen LogP contribution in [-0.2, 0) is 6.18 Å². The Balaban J connectivity index is 2.07. The number of rotatable bonds is 3. The number of ketones is 1. The molecule has 0 aliphatic heterocycles. The summed E-state index contributed by atoms with van der Waals surface area (Å²) in [5.74, 6) is -0.347. The van der Waals surface area contributed by atoms with Crippen LogP contribution < -0.4 is 5.73 Å². The van der Waals surface area contributed by atoms with Gasteiger partial charge in [0.15, 0.2) is 10.8 Å². The van der Waals surface area contributed by atoms with E-state index < -0.39 is 16.7 Å². The number of carbonyl (C=O) groups excluding carboxylic acids is 1. The first kappa shape index (κ1) is 12.5. The highest BCUT2D eigenvalue weighted by molar-refractivity contribution is 7.13. The van der Waals surface area contributed by atoms with Gasteiger partial charge in [-0.3, -0.25) is 4.79 Å². The highest BCUT2D eigenvalue weighted by atomic mass is 32.1. The summed E-state index contributed by atoms with van der Waals surface area (Å²) in [4.78, 5) is 15.0. The zero-order valence-corrected chi connectivity index (χ0v) is 9.70. The van der Waals surface area contributed by atoms with Crippen molar-refractivity contribution in [3.63, 3.8) is 0 Å². The van der Waals surface area contributed by atoms with Crippen molar-refractivity contribution in [1.82, 2.24) is 4.98 Å². The molecule has 1 aliphatic carbocycles. The van der Waals surface area contributed by atoms with Crippen LogP contribution in [0.4, 0.5) is 13.2 Å². The molecule has 1 aromatic heterocycles. The number of nitrogens with zero attached hydrogens (tertiary/aromatic N) is 1. The van der Waals surface area contributed by atoms with Crippen LogP contribution in [0.25, 0.3) is 0 Å². The predicted octanol–water partition coefficient (Wildman–Crippen LogP) is 2.62. The number of hydrogen-bond donors (Lipinski definition) is 1. The van der Waals surface area contributed by atoms with Crippen molar-refractivity contribution in [2.45, 2.75) is 37.4 Å². The minimum absolute atomic E-state index is 0.0362. The average Bonchev–Trinajstić information content (AvgIpc) is 2.63. The number of halogens is 3. The summed E-state index contributed by atoms with van der Waals surface area (Å²) in [6.45, 7) is 0. The van der Waals surface area contributed by atoms with Crippen LogP contribution in [-0.4, -0.2) is 16.3 Å². The van der Waals surface area contributed by atoms with Crippen molar-refractivity contribution in [3.8, 4) is 0 Å². The van der Waals surface area contributed by atoms with E-state index >= 15 is 0 Å². The number of Topliss-reactive ketones (excluding diaryl/α,β-unsaturated/α-hetero) is 1. The van der Waals surface area contributed by atoms with Gasteiger partial charge in [0.2, 0.25) is 0 Å². The van der Waals surface area contributed by atoms with Gasteiger partial charge < -0.3 is 5.73 Å². The molecule has 2 N–H and O–H groups in total. The molecule has 0 radical (unpaired) electrons. The van der Waals surface area contributed by atoms with Crippen molar-refractivity contribution in [1.29, 1.82) is 0 Å². The molecule has 1 aromatic rings. The monoisotopic (exact) mass is 264 g/mol. The molecule has 0 saturated heterocycles. The van der Waals surface area contributed by atoms with Crippen molar-refractivity contribution in [3.05, 3.63) is 16.1 Å². The lowest BCUT2D eigenvalue weighted by Crippen LogP contribution is -2.48. The molecular weight excluding hydrogens is 253 g/mol. The minimum atomic E-state index is -4.49. The molecule has 1 saturated carbocycles. The molecule has 0 unspecified atom stereocenters. The lowest BCUT2D eigenvalue weighted by molar-refractivity contribution is -0.137. The van der Waals surface area contributed by atoms with E-state index in [0.717, 1.165) is 25.5 Å². The van der Waals surface area contributed by atoms with E-state index in [4.69, 9.17) is 5.73 Å². The van der Waals surface area contributed by atoms with Gasteiger partial charge in [-0.15, -0.1) is 11.3 Å². The Morgan fingerprint density at radius 3 is 2.59 bits per heavy atom. The average molecular weight is 264 g/mol. The molecule has 0 spiro atoms. The molecule has 1 fully saturated rings. The zero-order chi connectivity index (χ0) is 12.7. The molecule has 94 valence electrons. The van der Waals surface area contributed by atoms with Crippen LogP contribution in [0, 0.1) is 0 Å². The number of nitrogens with two attached hydrogens (primary N) is 1. The predicted molar refractivity (Wildman–Crippen MR) is 56.8 cm³/mol. The van der Waals surface area contributed by atoms with Gasteiger partial charge >= 0.3 is 6.18 Å². The molecule has 17 heavy (non-hydrogen) atoms. The lowest BCUT2D eigenvalue weighted by Gasteiger charge is -2.37. The maximum absolute atomic E-state index is 12.3. The summed E-state index contributed by atoms with van der Waals surface area (Å²) < 4.78 is 36.9. The van der Waals surface area contributed by atoms with Crippen molar-refractivity contribution < 1.29 is 18.0 Å². The summed E-state index contributed by atoms with van der Waals surface area (Å²) in [5, 5.41) is -0.986. The summed E-state index contributed by atoms with van der Waals surface area (Å²) in [5.41, 5.74) is 5.36. The van der Waals surface area contributed by atoms with E-state index in [2.05, 4.69) is 4.98 Å².